The van der Waals surface area contributed by atoms with E-state index in [0.717, 1.165) is 12.2 Å². The fourth-order valence-electron chi connectivity index (χ4n) is 1.84. The number of rotatable bonds is 5. The number of hydrogen-bond donors (Lipinski definition) is 1. The number of aromatic nitrogens is 2. The highest BCUT2D eigenvalue weighted by Gasteiger charge is 2.07. The summed E-state index contributed by atoms with van der Waals surface area (Å²) in [5.41, 5.74) is 0.903. The highest BCUT2D eigenvalue weighted by molar-refractivity contribution is 7.90. The van der Waals surface area contributed by atoms with Crippen molar-refractivity contribution in [1.29, 1.82) is 0 Å². The van der Waals surface area contributed by atoms with Crippen LogP contribution in [0.5, 0.6) is 0 Å². The van der Waals surface area contributed by atoms with Crippen molar-refractivity contribution in [2.45, 2.75) is 24.4 Å². The Kier molecular flexibility index (Phi) is 3.90. The minimum absolute atomic E-state index is 0.221. The van der Waals surface area contributed by atoms with Crippen LogP contribution in [0.1, 0.15) is 6.92 Å². The van der Waals surface area contributed by atoms with Crippen molar-refractivity contribution in [3.05, 3.63) is 43.0 Å². The lowest BCUT2D eigenvalue weighted by Gasteiger charge is -2.15. The zero-order valence-electron chi connectivity index (χ0n) is 10.9. The molecule has 0 aliphatic carbocycles. The van der Waals surface area contributed by atoms with Crippen LogP contribution in [0.15, 0.2) is 47.9 Å². The minimum Gasteiger partial charge on any atom is -0.381 e. The number of hydrogen-bond acceptors (Lipinski definition) is 4. The van der Waals surface area contributed by atoms with Gasteiger partial charge in [0.15, 0.2) is 9.84 Å². The van der Waals surface area contributed by atoms with Crippen LogP contribution < -0.4 is 5.32 Å². The lowest BCUT2D eigenvalue weighted by Crippen LogP contribution is -2.21. The quantitative estimate of drug-likeness (QED) is 0.906. The molecule has 2 rings (SSSR count). The molecule has 0 amide bonds. The summed E-state index contributed by atoms with van der Waals surface area (Å²) in [6.07, 6.45) is 6.63. The maximum absolute atomic E-state index is 11.3. The molecule has 19 heavy (non-hydrogen) atoms. The number of anilines is 1. The van der Waals surface area contributed by atoms with Gasteiger partial charge >= 0.3 is 0 Å². The average molecular weight is 279 g/mol. The predicted molar refractivity (Wildman–Crippen MR) is 74.9 cm³/mol. The van der Waals surface area contributed by atoms with Crippen molar-refractivity contribution in [2.75, 3.05) is 11.6 Å². The second-order valence-corrected chi connectivity index (χ2v) is 6.62. The Morgan fingerprint density at radius 3 is 2.53 bits per heavy atom. The van der Waals surface area contributed by atoms with Crippen LogP contribution in [-0.2, 0) is 16.4 Å². The summed E-state index contributed by atoms with van der Waals surface area (Å²) in [6, 6.07) is 7.00. The second-order valence-electron chi connectivity index (χ2n) is 4.60. The van der Waals surface area contributed by atoms with Gasteiger partial charge in [0.25, 0.3) is 0 Å². The van der Waals surface area contributed by atoms with Gasteiger partial charge in [-0.25, -0.2) is 13.4 Å². The molecule has 0 fully saturated rings. The highest BCUT2D eigenvalue weighted by Crippen LogP contribution is 2.14. The summed E-state index contributed by atoms with van der Waals surface area (Å²) in [7, 11) is -3.13. The molecular weight excluding hydrogens is 262 g/mol. The van der Waals surface area contributed by atoms with E-state index in [1.165, 1.54) is 6.26 Å². The van der Waals surface area contributed by atoms with Crippen molar-refractivity contribution in [3.8, 4) is 0 Å². The number of imidazole rings is 1. The topological polar surface area (TPSA) is 64.0 Å². The van der Waals surface area contributed by atoms with Gasteiger partial charge in [-0.15, -0.1) is 0 Å². The molecule has 0 aliphatic heterocycles. The third-order valence-electron chi connectivity index (χ3n) is 2.74. The van der Waals surface area contributed by atoms with Gasteiger partial charge in [-0.1, -0.05) is 0 Å². The first-order valence-electron chi connectivity index (χ1n) is 5.97. The van der Waals surface area contributed by atoms with E-state index in [1.807, 2.05) is 10.8 Å². The Morgan fingerprint density at radius 2 is 2.00 bits per heavy atom. The molecule has 1 heterocycles. The standard InChI is InChI=1S/C13H17N3O2S/c1-11(9-16-8-7-14-10-16)15-12-3-5-13(6-4-12)19(2,17)18/h3-8,10-11,15H,9H2,1-2H3. The Hall–Kier alpha value is -1.82. The fourth-order valence-corrected chi connectivity index (χ4v) is 2.47. The van der Waals surface area contributed by atoms with Crippen LogP contribution in [0, 0.1) is 0 Å². The molecule has 1 aromatic heterocycles. The molecule has 5 nitrogen and oxygen atoms in total. The number of nitrogens with one attached hydrogen (secondary N) is 1. The van der Waals surface area contributed by atoms with Crippen molar-refractivity contribution >= 4 is 15.5 Å². The summed E-state index contributed by atoms with van der Waals surface area (Å²) in [6.45, 7) is 2.86. The molecule has 1 aromatic carbocycles. The van der Waals surface area contributed by atoms with Gasteiger partial charge in [-0.05, 0) is 31.2 Å². The van der Waals surface area contributed by atoms with Gasteiger partial charge in [0.05, 0.1) is 11.2 Å². The van der Waals surface area contributed by atoms with Gasteiger partial charge in [0, 0.05) is 36.9 Å². The monoisotopic (exact) mass is 279 g/mol. The predicted octanol–water partition coefficient (Wildman–Crippen LogP) is 1.79. The molecule has 0 aliphatic rings. The van der Waals surface area contributed by atoms with Gasteiger partial charge in [0.2, 0.25) is 0 Å². The van der Waals surface area contributed by atoms with E-state index in [1.54, 1.807) is 36.8 Å². The summed E-state index contributed by atoms with van der Waals surface area (Å²) in [5.74, 6) is 0. The van der Waals surface area contributed by atoms with E-state index in [9.17, 15) is 8.42 Å². The third kappa shape index (κ3) is 3.82. The summed E-state index contributed by atoms with van der Waals surface area (Å²) < 4.78 is 24.7. The van der Waals surface area contributed by atoms with Crippen molar-refractivity contribution < 1.29 is 8.42 Å². The normalized spacial score (nSPS) is 13.2. The zero-order valence-corrected chi connectivity index (χ0v) is 11.8. The van der Waals surface area contributed by atoms with Crippen molar-refractivity contribution in [3.63, 3.8) is 0 Å². The van der Waals surface area contributed by atoms with E-state index in [4.69, 9.17) is 0 Å². The van der Waals surface area contributed by atoms with E-state index < -0.39 is 9.84 Å². The van der Waals surface area contributed by atoms with Crippen molar-refractivity contribution in [2.24, 2.45) is 0 Å². The van der Waals surface area contributed by atoms with Crippen LogP contribution in [0.25, 0.3) is 0 Å². The summed E-state index contributed by atoms with van der Waals surface area (Å²) in [5, 5.41) is 3.32. The molecule has 1 N–H and O–H groups in total. The largest absolute Gasteiger partial charge is 0.381 e. The number of sulfone groups is 1. The van der Waals surface area contributed by atoms with E-state index >= 15 is 0 Å². The lowest BCUT2D eigenvalue weighted by atomic mass is 10.2. The average Bonchev–Trinajstić information content (AvgIpc) is 2.81. The molecule has 0 bridgehead atoms. The summed E-state index contributed by atoms with van der Waals surface area (Å²) in [4.78, 5) is 4.32. The van der Waals surface area contributed by atoms with Gasteiger partial charge < -0.3 is 9.88 Å². The second kappa shape index (κ2) is 5.44. The Bertz CT molecular complexity index is 618. The Balaban J connectivity index is 1.99. The van der Waals surface area contributed by atoms with Crippen molar-refractivity contribution in [1.82, 2.24) is 9.55 Å². The molecular formula is C13H17N3O2S. The van der Waals surface area contributed by atoms with Crippen LogP contribution in [0.3, 0.4) is 0 Å². The van der Waals surface area contributed by atoms with Gasteiger partial charge in [0.1, 0.15) is 0 Å². The smallest absolute Gasteiger partial charge is 0.175 e. The molecule has 0 radical (unpaired) electrons. The molecule has 0 saturated carbocycles. The SMILES string of the molecule is CC(Cn1ccnc1)Nc1ccc(S(C)(=O)=O)cc1. The third-order valence-corrected chi connectivity index (χ3v) is 3.87. The first kappa shape index (κ1) is 13.6. The molecule has 2 aromatic rings. The Morgan fingerprint density at radius 1 is 1.32 bits per heavy atom. The van der Waals surface area contributed by atoms with E-state index in [-0.39, 0.29) is 6.04 Å². The van der Waals surface area contributed by atoms with Crippen LogP contribution in [0.4, 0.5) is 5.69 Å². The number of nitrogens with zero attached hydrogens (tertiary/aromatic N) is 2. The fraction of sp³-hybridized carbons (Fsp3) is 0.308. The maximum atomic E-state index is 11.3. The van der Waals surface area contributed by atoms with Gasteiger partial charge in [-0.2, -0.15) is 0 Å². The van der Waals surface area contributed by atoms with E-state index in [0.29, 0.717) is 4.90 Å². The molecule has 6 heteroatoms. The molecule has 0 saturated heterocycles. The van der Waals surface area contributed by atoms with Gasteiger partial charge in [-0.3, -0.25) is 0 Å². The zero-order chi connectivity index (χ0) is 13.9. The van der Waals surface area contributed by atoms with Crippen LogP contribution in [0.2, 0.25) is 0 Å². The first-order valence-corrected chi connectivity index (χ1v) is 7.87. The van der Waals surface area contributed by atoms with Crippen LogP contribution >= 0.6 is 0 Å². The Labute approximate surface area is 113 Å². The molecule has 102 valence electrons. The minimum atomic E-state index is -3.13. The lowest BCUT2D eigenvalue weighted by molar-refractivity contribution is 0.602. The number of benzene rings is 1. The molecule has 1 atom stereocenters. The first-order chi connectivity index (χ1) is 8.95. The molecule has 1 unspecified atom stereocenters. The van der Waals surface area contributed by atoms with Crippen LogP contribution in [-0.4, -0.2) is 30.3 Å². The maximum Gasteiger partial charge on any atom is 0.175 e. The van der Waals surface area contributed by atoms with E-state index in [2.05, 4.69) is 17.2 Å². The highest BCUT2D eigenvalue weighted by atomic mass is 32.2. The summed E-state index contributed by atoms with van der Waals surface area (Å²) >= 11 is 0. The molecule has 0 spiro atoms.